The van der Waals surface area contributed by atoms with Crippen LogP contribution in [0.3, 0.4) is 0 Å². The average Bonchev–Trinajstić information content (AvgIpc) is 2.84. The van der Waals surface area contributed by atoms with E-state index in [0.717, 1.165) is 20.2 Å². The van der Waals surface area contributed by atoms with E-state index in [9.17, 15) is 4.39 Å². The average molecular weight is 413 g/mol. The van der Waals surface area contributed by atoms with Crippen molar-refractivity contribution in [2.45, 2.75) is 6.04 Å². The van der Waals surface area contributed by atoms with Crippen molar-refractivity contribution >= 4 is 43.5 Å². The number of hydrogen-bond acceptors (Lipinski definition) is 3. The molecule has 1 heterocycles. The zero-order valence-electron chi connectivity index (χ0n) is 10.9. The fourth-order valence-electron chi connectivity index (χ4n) is 2.42. The van der Waals surface area contributed by atoms with Gasteiger partial charge < -0.3 is 10.6 Å². The third-order valence-electron chi connectivity index (χ3n) is 3.41. The SMILES string of the molecule is NC1=NCC(c2cc(F)ccc2Br)N1c1ccc(Br)cc1. The first-order chi connectivity index (χ1) is 10.1. The molecule has 0 amide bonds. The first kappa shape index (κ1) is 14.5. The van der Waals surface area contributed by atoms with Gasteiger partial charge in [0.2, 0.25) is 0 Å². The summed E-state index contributed by atoms with van der Waals surface area (Å²) in [5, 5.41) is 0. The zero-order valence-corrected chi connectivity index (χ0v) is 14.1. The quantitative estimate of drug-likeness (QED) is 0.801. The van der Waals surface area contributed by atoms with Gasteiger partial charge in [-0.05, 0) is 48.0 Å². The van der Waals surface area contributed by atoms with Crippen LogP contribution in [0.2, 0.25) is 0 Å². The van der Waals surface area contributed by atoms with Crippen LogP contribution in [0.15, 0.2) is 56.4 Å². The van der Waals surface area contributed by atoms with Crippen LogP contribution in [0.4, 0.5) is 10.1 Å². The van der Waals surface area contributed by atoms with Gasteiger partial charge in [0.15, 0.2) is 5.96 Å². The highest BCUT2D eigenvalue weighted by Gasteiger charge is 2.30. The van der Waals surface area contributed by atoms with Crippen LogP contribution in [0.25, 0.3) is 0 Å². The minimum absolute atomic E-state index is 0.115. The Morgan fingerprint density at radius 3 is 2.57 bits per heavy atom. The lowest BCUT2D eigenvalue weighted by Crippen LogP contribution is -2.36. The Morgan fingerprint density at radius 2 is 1.86 bits per heavy atom. The summed E-state index contributed by atoms with van der Waals surface area (Å²) in [4.78, 5) is 6.23. The molecule has 6 heteroatoms. The molecule has 0 radical (unpaired) electrons. The highest BCUT2D eigenvalue weighted by molar-refractivity contribution is 9.10. The molecular weight excluding hydrogens is 401 g/mol. The van der Waals surface area contributed by atoms with Crippen molar-refractivity contribution in [2.75, 3.05) is 11.4 Å². The van der Waals surface area contributed by atoms with E-state index in [1.54, 1.807) is 6.07 Å². The maximum atomic E-state index is 13.6. The Hall–Kier alpha value is -1.40. The van der Waals surface area contributed by atoms with E-state index in [1.807, 2.05) is 29.2 Å². The molecule has 1 aliphatic rings. The summed E-state index contributed by atoms with van der Waals surface area (Å²) in [5.74, 6) is 0.174. The molecule has 2 aromatic carbocycles. The van der Waals surface area contributed by atoms with E-state index in [-0.39, 0.29) is 11.9 Å². The number of benzene rings is 2. The first-order valence-corrected chi connectivity index (χ1v) is 7.94. The molecule has 2 aromatic rings. The molecule has 21 heavy (non-hydrogen) atoms. The zero-order chi connectivity index (χ0) is 15.0. The van der Waals surface area contributed by atoms with Gasteiger partial charge in [0.25, 0.3) is 0 Å². The van der Waals surface area contributed by atoms with E-state index >= 15 is 0 Å². The van der Waals surface area contributed by atoms with Crippen molar-refractivity contribution < 1.29 is 4.39 Å². The third-order valence-corrected chi connectivity index (χ3v) is 4.66. The molecule has 0 saturated carbocycles. The fraction of sp³-hybridized carbons (Fsp3) is 0.133. The number of nitrogens with zero attached hydrogens (tertiary/aromatic N) is 2. The number of hydrogen-bond donors (Lipinski definition) is 1. The number of nitrogens with two attached hydrogens (primary N) is 1. The van der Waals surface area contributed by atoms with E-state index in [4.69, 9.17) is 5.73 Å². The van der Waals surface area contributed by atoms with Crippen LogP contribution in [0, 0.1) is 5.82 Å². The summed E-state index contributed by atoms with van der Waals surface area (Å²) in [6, 6.07) is 12.3. The predicted molar refractivity (Wildman–Crippen MR) is 90.0 cm³/mol. The largest absolute Gasteiger partial charge is 0.369 e. The summed E-state index contributed by atoms with van der Waals surface area (Å²) in [6.07, 6.45) is 0. The van der Waals surface area contributed by atoms with Crippen LogP contribution < -0.4 is 10.6 Å². The van der Waals surface area contributed by atoms with Gasteiger partial charge in [-0.1, -0.05) is 31.9 Å². The van der Waals surface area contributed by atoms with E-state index in [2.05, 4.69) is 36.9 Å². The molecule has 0 aliphatic carbocycles. The van der Waals surface area contributed by atoms with E-state index < -0.39 is 0 Å². The molecule has 1 atom stereocenters. The Labute approximate surface area is 138 Å². The Balaban J connectivity index is 2.02. The van der Waals surface area contributed by atoms with Crippen molar-refractivity contribution in [1.82, 2.24) is 0 Å². The second kappa shape index (κ2) is 5.77. The summed E-state index contributed by atoms with van der Waals surface area (Å²) in [6.45, 7) is 0.504. The normalized spacial score (nSPS) is 18.0. The summed E-state index contributed by atoms with van der Waals surface area (Å²) < 4.78 is 15.4. The first-order valence-electron chi connectivity index (χ1n) is 6.36. The van der Waals surface area contributed by atoms with Gasteiger partial charge in [-0.15, -0.1) is 0 Å². The Bertz CT molecular complexity index is 701. The summed E-state index contributed by atoms with van der Waals surface area (Å²) >= 11 is 6.89. The number of aliphatic imine (C=N–C) groups is 1. The number of halogens is 3. The highest BCUT2D eigenvalue weighted by Crippen LogP contribution is 2.35. The molecule has 3 rings (SSSR count). The van der Waals surface area contributed by atoms with Gasteiger partial charge in [0, 0.05) is 14.6 Å². The smallest absolute Gasteiger partial charge is 0.196 e. The van der Waals surface area contributed by atoms with Crippen molar-refractivity contribution in [1.29, 1.82) is 0 Å². The van der Waals surface area contributed by atoms with Gasteiger partial charge in [-0.2, -0.15) is 0 Å². The maximum absolute atomic E-state index is 13.6. The standard InChI is InChI=1S/C15H12Br2FN3/c16-9-1-4-11(5-2-9)21-14(8-20-15(21)19)12-7-10(18)3-6-13(12)17/h1-7,14H,8H2,(H2,19,20). The minimum atomic E-state index is -0.269. The molecule has 2 N–H and O–H groups in total. The van der Waals surface area contributed by atoms with Crippen LogP contribution in [-0.4, -0.2) is 12.5 Å². The van der Waals surface area contributed by atoms with Gasteiger partial charge >= 0.3 is 0 Å². The van der Waals surface area contributed by atoms with E-state index in [1.165, 1.54) is 12.1 Å². The predicted octanol–water partition coefficient (Wildman–Crippen LogP) is 4.23. The topological polar surface area (TPSA) is 41.6 Å². The molecule has 1 unspecified atom stereocenters. The lowest BCUT2D eigenvalue weighted by Gasteiger charge is -2.27. The van der Waals surface area contributed by atoms with Crippen LogP contribution in [-0.2, 0) is 0 Å². The number of guanidine groups is 1. The van der Waals surface area contributed by atoms with Gasteiger partial charge in [0.05, 0.1) is 12.6 Å². The maximum Gasteiger partial charge on any atom is 0.196 e. The van der Waals surface area contributed by atoms with Crippen LogP contribution in [0.1, 0.15) is 11.6 Å². The number of rotatable bonds is 2. The number of anilines is 1. The molecule has 0 fully saturated rings. The van der Waals surface area contributed by atoms with Crippen molar-refractivity contribution in [2.24, 2.45) is 10.7 Å². The van der Waals surface area contributed by atoms with Crippen molar-refractivity contribution in [3.8, 4) is 0 Å². The lowest BCUT2D eigenvalue weighted by atomic mass is 10.1. The Kier molecular flexibility index (Phi) is 3.99. The highest BCUT2D eigenvalue weighted by atomic mass is 79.9. The van der Waals surface area contributed by atoms with E-state index in [0.29, 0.717) is 12.5 Å². The monoisotopic (exact) mass is 411 g/mol. The third kappa shape index (κ3) is 2.82. The second-order valence-electron chi connectivity index (χ2n) is 4.73. The molecular formula is C15H12Br2FN3. The van der Waals surface area contributed by atoms with Gasteiger partial charge in [0.1, 0.15) is 5.82 Å². The summed E-state index contributed by atoms with van der Waals surface area (Å²) in [5.41, 5.74) is 7.78. The molecule has 108 valence electrons. The van der Waals surface area contributed by atoms with Gasteiger partial charge in [-0.25, -0.2) is 4.39 Å². The second-order valence-corrected chi connectivity index (χ2v) is 6.50. The van der Waals surface area contributed by atoms with Crippen LogP contribution >= 0.6 is 31.9 Å². The molecule has 0 saturated heterocycles. The molecule has 0 spiro atoms. The lowest BCUT2D eigenvalue weighted by molar-refractivity contribution is 0.620. The molecule has 3 nitrogen and oxygen atoms in total. The molecule has 1 aliphatic heterocycles. The molecule has 0 bridgehead atoms. The van der Waals surface area contributed by atoms with Gasteiger partial charge in [-0.3, -0.25) is 4.99 Å². The van der Waals surface area contributed by atoms with Crippen LogP contribution in [0.5, 0.6) is 0 Å². The van der Waals surface area contributed by atoms with Crippen molar-refractivity contribution in [3.63, 3.8) is 0 Å². The molecule has 0 aromatic heterocycles. The summed E-state index contributed by atoms with van der Waals surface area (Å²) in [7, 11) is 0. The Morgan fingerprint density at radius 1 is 1.14 bits per heavy atom. The minimum Gasteiger partial charge on any atom is -0.369 e. The fourth-order valence-corrected chi connectivity index (χ4v) is 3.19. The van der Waals surface area contributed by atoms with Crippen molar-refractivity contribution in [3.05, 3.63) is 62.8 Å².